The summed E-state index contributed by atoms with van der Waals surface area (Å²) in [5.41, 5.74) is 0.708. The van der Waals surface area contributed by atoms with Crippen LogP contribution in [0.4, 0.5) is 0 Å². The van der Waals surface area contributed by atoms with E-state index in [9.17, 15) is 4.79 Å². The number of nitrogens with zero attached hydrogens (tertiary/aromatic N) is 1. The highest BCUT2D eigenvalue weighted by atomic mass is 16.3. The summed E-state index contributed by atoms with van der Waals surface area (Å²) in [5.74, 6) is 2.53. The summed E-state index contributed by atoms with van der Waals surface area (Å²) < 4.78 is 5.44. The number of fused-ring (bicyclic) bond motifs is 1. The summed E-state index contributed by atoms with van der Waals surface area (Å²) >= 11 is 0. The zero-order valence-electron chi connectivity index (χ0n) is 8.93. The van der Waals surface area contributed by atoms with Gasteiger partial charge in [0.2, 0.25) is 0 Å². The lowest BCUT2D eigenvalue weighted by Gasteiger charge is -2.10. The second-order valence-corrected chi connectivity index (χ2v) is 3.51. The van der Waals surface area contributed by atoms with E-state index in [4.69, 9.17) is 10.8 Å². The van der Waals surface area contributed by atoms with Gasteiger partial charge in [-0.05, 0) is 12.1 Å². The molecular weight excluding hydrogens is 202 g/mol. The topological polar surface area (TPSA) is 33.5 Å². The van der Waals surface area contributed by atoms with Crippen molar-refractivity contribution >= 4 is 16.9 Å². The van der Waals surface area contributed by atoms with Crippen molar-refractivity contribution in [2.24, 2.45) is 0 Å². The molecule has 0 bridgehead atoms. The van der Waals surface area contributed by atoms with Gasteiger partial charge in [-0.1, -0.05) is 24.1 Å². The Labute approximate surface area is 93.7 Å². The van der Waals surface area contributed by atoms with Crippen LogP contribution >= 0.6 is 0 Å². The normalized spacial score (nSPS) is 10.0. The molecule has 0 atom stereocenters. The lowest BCUT2D eigenvalue weighted by atomic mass is 10.2. The van der Waals surface area contributed by atoms with E-state index in [2.05, 4.69) is 5.92 Å². The van der Waals surface area contributed by atoms with Crippen LogP contribution in [-0.2, 0) is 0 Å². The number of carbonyl (C=O) groups excluding carboxylic acids is 1. The lowest BCUT2D eigenvalue weighted by Crippen LogP contribution is -2.26. The van der Waals surface area contributed by atoms with Gasteiger partial charge in [-0.15, -0.1) is 6.42 Å². The number of amides is 1. The fourth-order valence-corrected chi connectivity index (χ4v) is 1.48. The molecule has 0 aliphatic heterocycles. The lowest BCUT2D eigenvalue weighted by molar-refractivity contribution is 0.0784. The maximum absolute atomic E-state index is 11.8. The van der Waals surface area contributed by atoms with Crippen molar-refractivity contribution in [3.63, 3.8) is 0 Å². The van der Waals surface area contributed by atoms with Crippen LogP contribution in [0.5, 0.6) is 0 Å². The van der Waals surface area contributed by atoms with Crippen molar-refractivity contribution in [2.75, 3.05) is 13.6 Å². The number of para-hydroxylation sites is 1. The number of hydrogen-bond donors (Lipinski definition) is 0. The molecule has 0 spiro atoms. The minimum absolute atomic E-state index is 0.200. The molecule has 80 valence electrons. The molecule has 3 nitrogen and oxygen atoms in total. The Hall–Kier alpha value is -2.21. The highest BCUT2D eigenvalue weighted by Gasteiger charge is 2.15. The second kappa shape index (κ2) is 4.11. The first kappa shape index (κ1) is 10.3. The standard InChI is InChI=1S/C13H11NO2/c1-3-8-14(2)13(15)12-9-10-6-4-5-7-11(10)16-12/h1,4-7,9H,8H2,2H3. The number of carbonyl (C=O) groups is 1. The molecule has 0 unspecified atom stereocenters. The smallest absolute Gasteiger partial charge is 0.290 e. The van der Waals surface area contributed by atoms with E-state index < -0.39 is 0 Å². The molecule has 3 heteroatoms. The zero-order chi connectivity index (χ0) is 11.5. The van der Waals surface area contributed by atoms with Crippen molar-refractivity contribution in [3.05, 3.63) is 36.1 Å². The van der Waals surface area contributed by atoms with Crippen LogP contribution in [0, 0.1) is 12.3 Å². The molecule has 0 saturated heterocycles. The summed E-state index contributed by atoms with van der Waals surface area (Å²) in [6.45, 7) is 0.274. The van der Waals surface area contributed by atoms with Crippen LogP contribution in [0.15, 0.2) is 34.7 Å². The summed E-state index contributed by atoms with van der Waals surface area (Å²) in [6, 6.07) is 9.22. The Morgan fingerprint density at radius 1 is 1.50 bits per heavy atom. The monoisotopic (exact) mass is 213 g/mol. The van der Waals surface area contributed by atoms with E-state index in [0.717, 1.165) is 5.39 Å². The minimum Gasteiger partial charge on any atom is -0.451 e. The Kier molecular flexibility index (Phi) is 2.65. The fourth-order valence-electron chi connectivity index (χ4n) is 1.48. The van der Waals surface area contributed by atoms with Crippen LogP contribution in [0.25, 0.3) is 11.0 Å². The number of terminal acetylenes is 1. The first-order valence-corrected chi connectivity index (χ1v) is 4.90. The molecule has 2 aromatic rings. The van der Waals surface area contributed by atoms with Gasteiger partial charge >= 0.3 is 0 Å². The van der Waals surface area contributed by atoms with Crippen molar-refractivity contribution in [2.45, 2.75) is 0 Å². The molecule has 1 aromatic carbocycles. The molecule has 0 N–H and O–H groups in total. The largest absolute Gasteiger partial charge is 0.451 e. The van der Waals surface area contributed by atoms with Gasteiger partial charge in [-0.2, -0.15) is 0 Å². The third kappa shape index (κ3) is 1.78. The maximum atomic E-state index is 11.8. The molecule has 1 aromatic heterocycles. The van der Waals surface area contributed by atoms with Gasteiger partial charge in [0, 0.05) is 12.4 Å². The molecule has 2 rings (SSSR count). The van der Waals surface area contributed by atoms with E-state index in [1.54, 1.807) is 13.1 Å². The predicted octanol–water partition coefficient (Wildman–Crippen LogP) is 2.14. The average molecular weight is 213 g/mol. The van der Waals surface area contributed by atoms with Crippen molar-refractivity contribution in [3.8, 4) is 12.3 Å². The van der Waals surface area contributed by atoms with E-state index in [1.165, 1.54) is 4.90 Å². The van der Waals surface area contributed by atoms with E-state index in [1.807, 2.05) is 24.3 Å². The molecule has 1 heterocycles. The summed E-state index contributed by atoms with van der Waals surface area (Å²) in [7, 11) is 1.65. The van der Waals surface area contributed by atoms with Gasteiger partial charge in [-0.25, -0.2) is 0 Å². The third-order valence-corrected chi connectivity index (χ3v) is 2.31. The average Bonchev–Trinajstić information content (AvgIpc) is 2.71. The third-order valence-electron chi connectivity index (χ3n) is 2.31. The highest BCUT2D eigenvalue weighted by molar-refractivity contribution is 5.96. The Morgan fingerprint density at radius 2 is 2.25 bits per heavy atom. The number of furan rings is 1. The Bertz CT molecular complexity index is 530. The van der Waals surface area contributed by atoms with E-state index >= 15 is 0 Å². The molecular formula is C13H11NO2. The number of benzene rings is 1. The predicted molar refractivity (Wildman–Crippen MR) is 62.0 cm³/mol. The van der Waals surface area contributed by atoms with Crippen molar-refractivity contribution in [1.82, 2.24) is 4.90 Å². The summed E-state index contributed by atoms with van der Waals surface area (Å²) in [4.78, 5) is 13.3. The molecule has 0 saturated carbocycles. The van der Waals surface area contributed by atoms with Gasteiger partial charge in [0.25, 0.3) is 5.91 Å². The first-order chi connectivity index (χ1) is 7.72. The van der Waals surface area contributed by atoms with Crippen LogP contribution in [-0.4, -0.2) is 24.4 Å². The van der Waals surface area contributed by atoms with Crippen LogP contribution < -0.4 is 0 Å². The molecule has 0 radical (unpaired) electrons. The SMILES string of the molecule is C#CCN(C)C(=O)c1cc2ccccc2o1. The quantitative estimate of drug-likeness (QED) is 0.716. The first-order valence-electron chi connectivity index (χ1n) is 4.90. The van der Waals surface area contributed by atoms with Gasteiger partial charge in [-0.3, -0.25) is 4.79 Å². The number of hydrogen-bond acceptors (Lipinski definition) is 2. The van der Waals surface area contributed by atoms with Crippen molar-refractivity contribution in [1.29, 1.82) is 0 Å². The Balaban J connectivity index is 2.34. The van der Waals surface area contributed by atoms with E-state index in [0.29, 0.717) is 11.3 Å². The van der Waals surface area contributed by atoms with Crippen LogP contribution in [0.2, 0.25) is 0 Å². The van der Waals surface area contributed by atoms with Gasteiger partial charge in [0.15, 0.2) is 5.76 Å². The summed E-state index contributed by atoms with van der Waals surface area (Å²) in [5, 5.41) is 0.917. The van der Waals surface area contributed by atoms with Gasteiger partial charge < -0.3 is 9.32 Å². The summed E-state index contributed by atoms with van der Waals surface area (Å²) in [6.07, 6.45) is 5.15. The Morgan fingerprint density at radius 3 is 2.94 bits per heavy atom. The van der Waals surface area contributed by atoms with Crippen LogP contribution in [0.1, 0.15) is 10.6 Å². The second-order valence-electron chi connectivity index (χ2n) is 3.51. The van der Waals surface area contributed by atoms with Gasteiger partial charge in [0.05, 0.1) is 6.54 Å². The molecule has 0 fully saturated rings. The molecule has 16 heavy (non-hydrogen) atoms. The zero-order valence-corrected chi connectivity index (χ0v) is 8.93. The van der Waals surface area contributed by atoms with E-state index in [-0.39, 0.29) is 12.5 Å². The van der Waals surface area contributed by atoms with Crippen molar-refractivity contribution < 1.29 is 9.21 Å². The minimum atomic E-state index is -0.200. The van der Waals surface area contributed by atoms with Crippen LogP contribution in [0.3, 0.4) is 0 Å². The highest BCUT2D eigenvalue weighted by Crippen LogP contribution is 2.19. The number of rotatable bonds is 2. The molecule has 1 amide bonds. The fraction of sp³-hybridized carbons (Fsp3) is 0.154. The van der Waals surface area contributed by atoms with Gasteiger partial charge in [0.1, 0.15) is 5.58 Å². The molecule has 0 aliphatic rings. The maximum Gasteiger partial charge on any atom is 0.290 e. The molecule has 0 aliphatic carbocycles.